The Bertz CT molecular complexity index is 901. The number of carbonyl (C=O) groups is 1. The van der Waals surface area contributed by atoms with Crippen molar-refractivity contribution in [2.24, 2.45) is 0 Å². The molecule has 0 bridgehead atoms. The summed E-state index contributed by atoms with van der Waals surface area (Å²) in [6, 6.07) is 9.28. The number of anilines is 1. The van der Waals surface area contributed by atoms with Gasteiger partial charge in [-0.2, -0.15) is 0 Å². The first kappa shape index (κ1) is 17.0. The lowest BCUT2D eigenvalue weighted by atomic mass is 10.2. The largest absolute Gasteiger partial charge is 0.403 e. The Labute approximate surface area is 146 Å². The van der Waals surface area contributed by atoms with Gasteiger partial charge in [-0.25, -0.2) is 9.89 Å². The molecule has 0 aliphatic rings. The monoisotopic (exact) mass is 360 g/mol. The zero-order valence-electron chi connectivity index (χ0n) is 13.4. The van der Waals surface area contributed by atoms with Gasteiger partial charge in [0.15, 0.2) is 5.16 Å². The van der Waals surface area contributed by atoms with Crippen molar-refractivity contribution in [3.05, 3.63) is 40.8 Å². The second kappa shape index (κ2) is 7.79. The van der Waals surface area contributed by atoms with Crippen LogP contribution in [-0.4, -0.2) is 36.6 Å². The van der Waals surface area contributed by atoms with Crippen molar-refractivity contribution in [3.63, 3.8) is 0 Å². The lowest BCUT2D eigenvalue weighted by Gasteiger charge is -2.03. The summed E-state index contributed by atoms with van der Waals surface area (Å²) in [5, 5.41) is 17.0. The highest BCUT2D eigenvalue weighted by Gasteiger charge is 2.14. The Kier molecular flexibility index (Phi) is 5.29. The van der Waals surface area contributed by atoms with Gasteiger partial charge in [0.05, 0.1) is 5.75 Å². The molecule has 3 rings (SSSR count). The van der Waals surface area contributed by atoms with E-state index in [0.717, 1.165) is 23.7 Å². The fraction of sp³-hybridized carbons (Fsp3) is 0.267. The SMILES string of the molecule is CCCn1c(SCC(=O)Nc2nnc(-c3ccccc3)o2)n[nH]c1=O. The van der Waals surface area contributed by atoms with E-state index in [0.29, 0.717) is 17.6 Å². The number of nitrogens with one attached hydrogen (secondary N) is 2. The van der Waals surface area contributed by atoms with Crippen molar-refractivity contribution in [3.8, 4) is 11.5 Å². The summed E-state index contributed by atoms with van der Waals surface area (Å²) >= 11 is 1.16. The van der Waals surface area contributed by atoms with E-state index in [9.17, 15) is 9.59 Å². The summed E-state index contributed by atoms with van der Waals surface area (Å²) in [5.74, 6) is 0.0660. The zero-order chi connectivity index (χ0) is 17.6. The number of benzene rings is 1. The lowest BCUT2D eigenvalue weighted by Crippen LogP contribution is -2.18. The molecule has 0 atom stereocenters. The van der Waals surface area contributed by atoms with E-state index in [4.69, 9.17) is 4.42 Å². The molecule has 0 aliphatic carbocycles. The van der Waals surface area contributed by atoms with Gasteiger partial charge in [0.2, 0.25) is 11.8 Å². The maximum Gasteiger partial charge on any atom is 0.343 e. The lowest BCUT2D eigenvalue weighted by molar-refractivity contribution is -0.113. The molecular formula is C15H16N6O3S. The predicted molar refractivity (Wildman–Crippen MR) is 92.2 cm³/mol. The van der Waals surface area contributed by atoms with Crippen LogP contribution >= 0.6 is 11.8 Å². The number of thioether (sulfide) groups is 1. The fourth-order valence-corrected chi connectivity index (χ4v) is 2.86. The Balaban J connectivity index is 1.58. The van der Waals surface area contributed by atoms with E-state index < -0.39 is 0 Å². The number of aromatic amines is 1. The highest BCUT2D eigenvalue weighted by atomic mass is 32.2. The molecule has 0 unspecified atom stereocenters. The summed E-state index contributed by atoms with van der Waals surface area (Å²) in [6.07, 6.45) is 0.795. The molecule has 0 spiro atoms. The number of nitrogens with zero attached hydrogens (tertiary/aromatic N) is 4. The Hall–Kier alpha value is -2.88. The normalized spacial score (nSPS) is 10.8. The van der Waals surface area contributed by atoms with E-state index >= 15 is 0 Å². The first-order valence-electron chi connectivity index (χ1n) is 7.64. The molecule has 0 aliphatic heterocycles. The van der Waals surface area contributed by atoms with Crippen molar-refractivity contribution < 1.29 is 9.21 Å². The van der Waals surface area contributed by atoms with E-state index in [1.165, 1.54) is 4.57 Å². The van der Waals surface area contributed by atoms with E-state index in [2.05, 4.69) is 25.7 Å². The molecule has 130 valence electrons. The topological polar surface area (TPSA) is 119 Å². The minimum Gasteiger partial charge on any atom is -0.403 e. The number of amides is 1. The van der Waals surface area contributed by atoms with Crippen LogP contribution in [0.1, 0.15) is 13.3 Å². The third kappa shape index (κ3) is 4.15. The van der Waals surface area contributed by atoms with Crippen LogP contribution < -0.4 is 11.0 Å². The number of carbonyl (C=O) groups excluding carboxylic acids is 1. The van der Waals surface area contributed by atoms with Gasteiger partial charge >= 0.3 is 11.7 Å². The van der Waals surface area contributed by atoms with Crippen LogP contribution in [0.5, 0.6) is 0 Å². The molecular weight excluding hydrogens is 344 g/mol. The molecule has 0 radical (unpaired) electrons. The quantitative estimate of drug-likeness (QED) is 0.616. The summed E-state index contributed by atoms with van der Waals surface area (Å²) in [5.41, 5.74) is 0.485. The Morgan fingerprint density at radius 1 is 1.32 bits per heavy atom. The Morgan fingerprint density at radius 2 is 2.12 bits per heavy atom. The Morgan fingerprint density at radius 3 is 2.88 bits per heavy atom. The molecule has 0 saturated carbocycles. The highest BCUT2D eigenvalue weighted by Crippen LogP contribution is 2.19. The molecule has 9 nitrogen and oxygen atoms in total. The fourth-order valence-electron chi connectivity index (χ4n) is 2.09. The van der Waals surface area contributed by atoms with Gasteiger partial charge < -0.3 is 4.42 Å². The summed E-state index contributed by atoms with van der Waals surface area (Å²) < 4.78 is 6.92. The van der Waals surface area contributed by atoms with Crippen molar-refractivity contribution in [1.82, 2.24) is 25.0 Å². The second-order valence-electron chi connectivity index (χ2n) is 5.08. The molecule has 3 aromatic rings. The molecule has 1 aromatic carbocycles. The molecule has 2 aromatic heterocycles. The smallest absolute Gasteiger partial charge is 0.343 e. The summed E-state index contributed by atoms with van der Waals surface area (Å²) in [7, 11) is 0. The van der Waals surface area contributed by atoms with E-state index in [1.807, 2.05) is 37.3 Å². The van der Waals surface area contributed by atoms with Crippen LogP contribution in [0.2, 0.25) is 0 Å². The first-order chi connectivity index (χ1) is 12.2. The van der Waals surface area contributed by atoms with Gasteiger partial charge in [0.25, 0.3) is 0 Å². The summed E-state index contributed by atoms with van der Waals surface area (Å²) in [4.78, 5) is 23.6. The van der Waals surface area contributed by atoms with Gasteiger partial charge in [0, 0.05) is 12.1 Å². The molecule has 0 saturated heterocycles. The van der Waals surface area contributed by atoms with E-state index in [1.54, 1.807) is 0 Å². The molecule has 2 heterocycles. The standard InChI is InChI=1S/C15H16N6O3S/c1-2-8-21-14(23)19-20-15(21)25-9-11(22)16-13-18-17-12(24-13)10-6-4-3-5-7-10/h3-7H,2,8-9H2,1H3,(H,19,23)(H,16,18,22). The van der Waals surface area contributed by atoms with Crippen molar-refractivity contribution >= 4 is 23.7 Å². The molecule has 25 heavy (non-hydrogen) atoms. The third-order valence-electron chi connectivity index (χ3n) is 3.19. The van der Waals surface area contributed by atoms with E-state index in [-0.39, 0.29) is 23.4 Å². The van der Waals surface area contributed by atoms with Gasteiger partial charge in [-0.3, -0.25) is 14.7 Å². The van der Waals surface area contributed by atoms with Crippen LogP contribution in [-0.2, 0) is 11.3 Å². The number of hydrogen-bond donors (Lipinski definition) is 2. The number of aromatic nitrogens is 5. The average molecular weight is 360 g/mol. The average Bonchev–Trinajstić information content (AvgIpc) is 3.22. The molecule has 0 fully saturated rings. The maximum absolute atomic E-state index is 12.0. The minimum absolute atomic E-state index is 0.0254. The van der Waals surface area contributed by atoms with Crippen LogP contribution in [0.4, 0.5) is 6.01 Å². The first-order valence-corrected chi connectivity index (χ1v) is 8.62. The molecule has 10 heteroatoms. The van der Waals surface area contributed by atoms with Crippen molar-refractivity contribution in [1.29, 1.82) is 0 Å². The maximum atomic E-state index is 12.0. The van der Waals surface area contributed by atoms with Gasteiger partial charge in [-0.15, -0.1) is 10.2 Å². The molecule has 2 N–H and O–H groups in total. The van der Waals surface area contributed by atoms with Gasteiger partial charge in [-0.05, 0) is 18.6 Å². The highest BCUT2D eigenvalue weighted by molar-refractivity contribution is 7.99. The van der Waals surface area contributed by atoms with Crippen LogP contribution in [0, 0.1) is 0 Å². The number of H-pyrrole nitrogens is 1. The van der Waals surface area contributed by atoms with Crippen LogP contribution in [0.3, 0.4) is 0 Å². The second-order valence-corrected chi connectivity index (χ2v) is 6.02. The summed E-state index contributed by atoms with van der Waals surface area (Å²) in [6.45, 7) is 2.50. The van der Waals surface area contributed by atoms with Crippen LogP contribution in [0.15, 0.2) is 44.7 Å². The predicted octanol–water partition coefficient (Wildman–Crippen LogP) is 1.76. The van der Waals surface area contributed by atoms with Gasteiger partial charge in [0.1, 0.15) is 0 Å². The molecule has 1 amide bonds. The minimum atomic E-state index is -0.327. The van der Waals surface area contributed by atoms with Gasteiger partial charge in [-0.1, -0.05) is 42.0 Å². The van der Waals surface area contributed by atoms with Crippen molar-refractivity contribution in [2.75, 3.05) is 11.1 Å². The number of rotatable bonds is 7. The number of hydrogen-bond acceptors (Lipinski definition) is 7. The van der Waals surface area contributed by atoms with Crippen LogP contribution in [0.25, 0.3) is 11.5 Å². The third-order valence-corrected chi connectivity index (χ3v) is 4.17. The zero-order valence-corrected chi connectivity index (χ0v) is 14.2. The van der Waals surface area contributed by atoms with Crippen molar-refractivity contribution in [2.45, 2.75) is 25.0 Å².